The highest BCUT2D eigenvalue weighted by molar-refractivity contribution is 6.30. The molecule has 142 valence electrons. The molecule has 0 bridgehead atoms. The van der Waals surface area contributed by atoms with Crippen molar-refractivity contribution in [2.24, 2.45) is 11.8 Å². The Balaban J connectivity index is 1.49. The molecule has 4 rings (SSSR count). The van der Waals surface area contributed by atoms with E-state index < -0.39 is 5.97 Å². The number of amides is 2. The number of halogens is 1. The highest BCUT2D eigenvalue weighted by Crippen LogP contribution is 2.40. The molecule has 0 N–H and O–H groups in total. The van der Waals surface area contributed by atoms with E-state index in [4.69, 9.17) is 16.3 Å². The molecule has 0 radical (unpaired) electrons. The zero-order chi connectivity index (χ0) is 19.8. The number of hydrogen-bond donors (Lipinski definition) is 0. The summed E-state index contributed by atoms with van der Waals surface area (Å²) in [6.07, 6.45) is 3.27. The number of allylic oxidation sites excluding steroid dienone is 2. The Labute approximate surface area is 167 Å². The van der Waals surface area contributed by atoms with Crippen molar-refractivity contribution in [1.82, 2.24) is 0 Å². The van der Waals surface area contributed by atoms with Gasteiger partial charge in [0, 0.05) is 5.02 Å². The maximum Gasteiger partial charge on any atom is 0.343 e. The van der Waals surface area contributed by atoms with Crippen LogP contribution in [0.3, 0.4) is 0 Å². The second-order valence-corrected chi connectivity index (χ2v) is 7.54. The number of nitrogens with zero attached hydrogens (tertiary/aromatic N) is 1. The zero-order valence-corrected chi connectivity index (χ0v) is 16.0. The van der Waals surface area contributed by atoms with Crippen LogP contribution in [0, 0.1) is 11.8 Å². The standard InChI is InChI=1S/C22H18ClNO4/c1-13-2-11-18-19(12-13)21(26)24(20(18)25)16-7-9-17(10-8-16)28-22(27)14-3-5-15(23)6-4-14/h2-10,18-19H,11-12H2,1H3/t18-,19-/m0/s1. The fourth-order valence-corrected chi connectivity index (χ4v) is 3.83. The Kier molecular flexibility index (Phi) is 4.77. The number of fused-ring (bicyclic) bond motifs is 1. The van der Waals surface area contributed by atoms with Crippen LogP contribution in [-0.2, 0) is 9.59 Å². The van der Waals surface area contributed by atoms with Crippen molar-refractivity contribution >= 4 is 35.1 Å². The summed E-state index contributed by atoms with van der Waals surface area (Å²) in [6, 6.07) is 12.8. The van der Waals surface area contributed by atoms with Crippen LogP contribution in [0.25, 0.3) is 0 Å². The lowest BCUT2D eigenvalue weighted by atomic mass is 9.82. The van der Waals surface area contributed by atoms with E-state index in [9.17, 15) is 14.4 Å². The Morgan fingerprint density at radius 3 is 2.32 bits per heavy atom. The van der Waals surface area contributed by atoms with Crippen LogP contribution >= 0.6 is 11.6 Å². The third-order valence-corrected chi connectivity index (χ3v) is 5.46. The second kappa shape index (κ2) is 7.24. The van der Waals surface area contributed by atoms with E-state index in [-0.39, 0.29) is 23.7 Å². The number of anilines is 1. The largest absolute Gasteiger partial charge is 0.423 e. The first-order chi connectivity index (χ1) is 13.4. The molecule has 2 aromatic carbocycles. The van der Waals surface area contributed by atoms with Crippen LogP contribution in [-0.4, -0.2) is 17.8 Å². The Morgan fingerprint density at radius 1 is 1.00 bits per heavy atom. The monoisotopic (exact) mass is 395 g/mol. The molecule has 1 fully saturated rings. The first kappa shape index (κ1) is 18.4. The summed E-state index contributed by atoms with van der Waals surface area (Å²) in [4.78, 5) is 38.9. The van der Waals surface area contributed by atoms with E-state index in [1.54, 1.807) is 48.5 Å². The number of esters is 1. The molecule has 1 aliphatic carbocycles. The fourth-order valence-electron chi connectivity index (χ4n) is 3.71. The Morgan fingerprint density at radius 2 is 1.64 bits per heavy atom. The molecule has 1 heterocycles. The molecule has 2 atom stereocenters. The summed E-state index contributed by atoms with van der Waals surface area (Å²) < 4.78 is 5.34. The van der Waals surface area contributed by atoms with Gasteiger partial charge in [0.25, 0.3) is 0 Å². The summed E-state index contributed by atoms with van der Waals surface area (Å²) in [5.41, 5.74) is 2.02. The number of hydrogen-bond acceptors (Lipinski definition) is 4. The van der Waals surface area contributed by atoms with Crippen molar-refractivity contribution in [3.05, 3.63) is 70.8 Å². The van der Waals surface area contributed by atoms with Crippen LogP contribution in [0.15, 0.2) is 60.2 Å². The molecule has 2 aromatic rings. The topological polar surface area (TPSA) is 63.7 Å². The summed E-state index contributed by atoms with van der Waals surface area (Å²) in [5.74, 6) is -1.06. The van der Waals surface area contributed by atoms with E-state index in [1.807, 2.05) is 13.0 Å². The smallest absolute Gasteiger partial charge is 0.343 e. The highest BCUT2D eigenvalue weighted by atomic mass is 35.5. The minimum atomic E-state index is -0.509. The summed E-state index contributed by atoms with van der Waals surface area (Å²) in [5, 5.41) is 0.534. The molecular weight excluding hydrogens is 378 g/mol. The quantitative estimate of drug-likeness (QED) is 0.334. The van der Waals surface area contributed by atoms with Crippen molar-refractivity contribution < 1.29 is 19.1 Å². The van der Waals surface area contributed by atoms with Gasteiger partial charge in [-0.1, -0.05) is 23.3 Å². The Hall–Kier alpha value is -2.92. The van der Waals surface area contributed by atoms with Gasteiger partial charge >= 0.3 is 5.97 Å². The predicted molar refractivity (Wildman–Crippen MR) is 105 cm³/mol. The molecule has 1 saturated heterocycles. The van der Waals surface area contributed by atoms with Crippen LogP contribution in [0.5, 0.6) is 5.75 Å². The van der Waals surface area contributed by atoms with Gasteiger partial charge in [-0.25, -0.2) is 4.79 Å². The number of imide groups is 1. The van der Waals surface area contributed by atoms with Crippen molar-refractivity contribution in [2.75, 3.05) is 4.90 Å². The molecule has 6 heteroatoms. The third kappa shape index (κ3) is 3.34. The number of carbonyl (C=O) groups excluding carboxylic acids is 3. The number of rotatable bonds is 3. The maximum atomic E-state index is 12.8. The summed E-state index contributed by atoms with van der Waals surface area (Å²) in [6.45, 7) is 1.99. The van der Waals surface area contributed by atoms with Gasteiger partial charge in [-0.15, -0.1) is 0 Å². The van der Waals surface area contributed by atoms with Crippen LogP contribution in [0.2, 0.25) is 5.02 Å². The predicted octanol–water partition coefficient (Wildman–Crippen LogP) is 4.40. The molecule has 2 aliphatic rings. The van der Waals surface area contributed by atoms with Crippen LogP contribution < -0.4 is 9.64 Å². The molecule has 2 amide bonds. The van der Waals surface area contributed by atoms with Gasteiger partial charge < -0.3 is 4.74 Å². The fraction of sp³-hybridized carbons (Fsp3) is 0.227. The van der Waals surface area contributed by atoms with Gasteiger partial charge in [-0.2, -0.15) is 0 Å². The van der Waals surface area contributed by atoms with Crippen molar-refractivity contribution in [3.63, 3.8) is 0 Å². The van der Waals surface area contributed by atoms with E-state index in [1.165, 1.54) is 4.90 Å². The van der Waals surface area contributed by atoms with Crippen molar-refractivity contribution in [3.8, 4) is 5.75 Å². The molecule has 0 spiro atoms. The van der Waals surface area contributed by atoms with Crippen molar-refractivity contribution in [2.45, 2.75) is 19.8 Å². The molecule has 1 aliphatic heterocycles. The third-order valence-electron chi connectivity index (χ3n) is 5.21. The first-order valence-corrected chi connectivity index (χ1v) is 9.43. The van der Waals surface area contributed by atoms with Crippen LogP contribution in [0.1, 0.15) is 30.1 Å². The van der Waals surface area contributed by atoms with Crippen molar-refractivity contribution in [1.29, 1.82) is 0 Å². The van der Waals surface area contributed by atoms with Gasteiger partial charge in [0.2, 0.25) is 11.8 Å². The normalized spacial score (nSPS) is 21.4. The van der Waals surface area contributed by atoms with Crippen LogP contribution in [0.4, 0.5) is 5.69 Å². The average Bonchev–Trinajstić information content (AvgIpc) is 2.93. The Bertz CT molecular complexity index is 979. The lowest BCUT2D eigenvalue weighted by Crippen LogP contribution is -2.30. The summed E-state index contributed by atoms with van der Waals surface area (Å²) >= 11 is 5.82. The highest BCUT2D eigenvalue weighted by Gasteiger charge is 2.48. The van der Waals surface area contributed by atoms with Gasteiger partial charge in [0.15, 0.2) is 0 Å². The molecule has 5 nitrogen and oxygen atoms in total. The SMILES string of the molecule is CC1=CC[C@@H]2C(=O)N(c3ccc(OC(=O)c4ccc(Cl)cc4)cc3)C(=O)[C@H]2C1. The maximum absolute atomic E-state index is 12.8. The number of benzene rings is 2. The lowest BCUT2D eigenvalue weighted by molar-refractivity contribution is -0.122. The molecule has 0 aromatic heterocycles. The zero-order valence-electron chi connectivity index (χ0n) is 15.2. The molecule has 28 heavy (non-hydrogen) atoms. The van der Waals surface area contributed by atoms with Gasteiger partial charge in [-0.05, 0) is 68.3 Å². The van der Waals surface area contributed by atoms with Gasteiger partial charge in [0.1, 0.15) is 5.75 Å². The molecule has 0 unspecified atom stereocenters. The van der Waals surface area contributed by atoms with Gasteiger partial charge in [0.05, 0.1) is 23.1 Å². The first-order valence-electron chi connectivity index (χ1n) is 9.05. The number of carbonyl (C=O) groups is 3. The number of ether oxygens (including phenoxy) is 1. The average molecular weight is 396 g/mol. The molecule has 0 saturated carbocycles. The molecular formula is C22H18ClNO4. The minimum absolute atomic E-state index is 0.159. The second-order valence-electron chi connectivity index (χ2n) is 7.11. The van der Waals surface area contributed by atoms with E-state index in [2.05, 4.69) is 0 Å². The van der Waals surface area contributed by atoms with E-state index in [0.717, 1.165) is 5.57 Å². The lowest BCUT2D eigenvalue weighted by Gasteiger charge is -2.18. The van der Waals surface area contributed by atoms with E-state index >= 15 is 0 Å². The van der Waals surface area contributed by atoms with Gasteiger partial charge in [-0.3, -0.25) is 14.5 Å². The summed E-state index contributed by atoms with van der Waals surface area (Å²) in [7, 11) is 0. The van der Waals surface area contributed by atoms with E-state index in [0.29, 0.717) is 34.9 Å². The minimum Gasteiger partial charge on any atom is -0.423 e.